The maximum Gasteiger partial charge on any atom is 0.269 e. The number of rotatable bonds is 7. The number of hydrogen-bond acceptors (Lipinski definition) is 9. The molecule has 0 radical (unpaired) electrons. The van der Waals surface area contributed by atoms with Crippen molar-refractivity contribution in [1.82, 2.24) is 14.8 Å². The average Bonchev–Trinajstić information content (AvgIpc) is 2.89. The molecule has 1 heterocycles. The van der Waals surface area contributed by atoms with Crippen LogP contribution in [0.15, 0.2) is 40.8 Å². The topological polar surface area (TPSA) is 125 Å². The summed E-state index contributed by atoms with van der Waals surface area (Å²) in [4.78, 5) is 1.74. The highest BCUT2D eigenvalue weighted by molar-refractivity contribution is 7.80. The van der Waals surface area contributed by atoms with Gasteiger partial charge in [0.25, 0.3) is 5.95 Å². The van der Waals surface area contributed by atoms with Crippen molar-refractivity contribution >= 4 is 27.7 Å². The summed E-state index contributed by atoms with van der Waals surface area (Å²) in [5, 5.41) is 15.5. The second-order valence-electron chi connectivity index (χ2n) is 4.61. The standard InChI is InChI=1S/C12H16N6O4S/c1-17(7-8-22-23(19,20)21)11-5-3-10(4-6-11)14-16-12-15-13-9-18(12)2/h3-6,9H,7-8H2,1-2H3,(H,19,20,21)/p-1. The molecule has 1 aromatic heterocycles. The number of nitrogens with zero attached hydrogens (tertiary/aromatic N) is 6. The SMILES string of the molecule is CN(CCOS(=O)(=O)[O-])c1ccc(N=Nc2nncn2C)cc1. The third-order valence-electron chi connectivity index (χ3n) is 2.89. The van der Waals surface area contributed by atoms with Gasteiger partial charge in [0, 0.05) is 26.3 Å². The lowest BCUT2D eigenvalue weighted by Gasteiger charge is -2.19. The Morgan fingerprint density at radius 2 is 2.00 bits per heavy atom. The van der Waals surface area contributed by atoms with Gasteiger partial charge >= 0.3 is 0 Å². The van der Waals surface area contributed by atoms with Crippen LogP contribution in [-0.4, -0.2) is 47.9 Å². The summed E-state index contributed by atoms with van der Waals surface area (Å²) in [5.41, 5.74) is 1.44. The van der Waals surface area contributed by atoms with E-state index in [0.29, 0.717) is 11.6 Å². The number of likely N-dealkylation sites (N-methyl/N-ethyl adjacent to an activating group) is 1. The van der Waals surface area contributed by atoms with Crippen LogP contribution in [0.1, 0.15) is 0 Å². The first-order valence-corrected chi connectivity index (χ1v) is 7.86. The van der Waals surface area contributed by atoms with Crippen molar-refractivity contribution in [2.45, 2.75) is 0 Å². The number of hydrogen-bond donors (Lipinski definition) is 0. The van der Waals surface area contributed by atoms with Gasteiger partial charge in [-0.15, -0.1) is 20.4 Å². The lowest BCUT2D eigenvalue weighted by Crippen LogP contribution is -2.23. The molecule has 0 saturated carbocycles. The van der Waals surface area contributed by atoms with Gasteiger partial charge in [-0.3, -0.25) is 4.18 Å². The van der Waals surface area contributed by atoms with Crippen LogP contribution in [0.3, 0.4) is 0 Å². The first-order valence-electron chi connectivity index (χ1n) is 6.52. The fraction of sp³-hybridized carbons (Fsp3) is 0.333. The van der Waals surface area contributed by atoms with Crippen LogP contribution >= 0.6 is 0 Å². The number of aryl methyl sites for hydroxylation is 1. The zero-order valence-corrected chi connectivity index (χ0v) is 13.3. The Balaban J connectivity index is 1.93. The minimum absolute atomic E-state index is 0.212. The maximum atomic E-state index is 10.4. The van der Waals surface area contributed by atoms with Gasteiger partial charge in [-0.25, -0.2) is 8.42 Å². The van der Waals surface area contributed by atoms with Crippen LogP contribution < -0.4 is 4.90 Å². The molecule has 124 valence electrons. The lowest BCUT2D eigenvalue weighted by molar-refractivity contribution is 0.267. The highest BCUT2D eigenvalue weighted by Crippen LogP contribution is 2.20. The van der Waals surface area contributed by atoms with E-state index in [2.05, 4.69) is 24.6 Å². The van der Waals surface area contributed by atoms with Gasteiger partial charge in [-0.05, 0) is 24.3 Å². The number of benzene rings is 1. The first-order chi connectivity index (χ1) is 10.8. The second kappa shape index (κ2) is 7.26. The molecule has 1 aromatic carbocycles. The fourth-order valence-electron chi connectivity index (χ4n) is 1.65. The average molecular weight is 339 g/mol. The number of azo groups is 1. The number of anilines is 1. The zero-order valence-electron chi connectivity index (χ0n) is 12.5. The Morgan fingerprint density at radius 1 is 1.30 bits per heavy atom. The summed E-state index contributed by atoms with van der Waals surface area (Å²) in [6, 6.07) is 7.07. The van der Waals surface area contributed by atoms with Crippen molar-refractivity contribution in [3.8, 4) is 0 Å². The Hall–Kier alpha value is -2.37. The van der Waals surface area contributed by atoms with Crippen molar-refractivity contribution in [2.24, 2.45) is 17.3 Å². The molecule has 0 aliphatic carbocycles. The number of aromatic nitrogens is 3. The monoisotopic (exact) mass is 339 g/mol. The van der Waals surface area contributed by atoms with Crippen LogP contribution in [0.4, 0.5) is 17.3 Å². The van der Waals surface area contributed by atoms with E-state index in [1.165, 1.54) is 6.33 Å². The van der Waals surface area contributed by atoms with Gasteiger partial charge in [0.15, 0.2) is 0 Å². The highest BCUT2D eigenvalue weighted by atomic mass is 32.3. The maximum absolute atomic E-state index is 10.4. The summed E-state index contributed by atoms with van der Waals surface area (Å²) < 4.78 is 36.9. The van der Waals surface area contributed by atoms with Crippen LogP contribution in [0.2, 0.25) is 0 Å². The quantitative estimate of drug-likeness (QED) is 0.420. The molecule has 0 N–H and O–H groups in total. The summed E-state index contributed by atoms with van der Waals surface area (Å²) in [6.07, 6.45) is 1.52. The molecule has 0 saturated heterocycles. The minimum atomic E-state index is -4.66. The molecule has 0 amide bonds. The Morgan fingerprint density at radius 3 is 2.57 bits per heavy atom. The van der Waals surface area contributed by atoms with E-state index in [4.69, 9.17) is 0 Å². The van der Waals surface area contributed by atoms with Crippen molar-refractivity contribution in [1.29, 1.82) is 0 Å². The third kappa shape index (κ3) is 5.39. The molecule has 0 unspecified atom stereocenters. The van der Waals surface area contributed by atoms with Crippen molar-refractivity contribution in [2.75, 3.05) is 25.1 Å². The predicted molar refractivity (Wildman–Crippen MR) is 80.5 cm³/mol. The van der Waals surface area contributed by atoms with Crippen molar-refractivity contribution < 1.29 is 17.2 Å². The molecule has 0 atom stereocenters. The Bertz CT molecular complexity index is 771. The summed E-state index contributed by atoms with van der Waals surface area (Å²) in [6.45, 7) is 0.0389. The third-order valence-corrected chi connectivity index (χ3v) is 3.34. The summed E-state index contributed by atoms with van der Waals surface area (Å²) in [5.74, 6) is 0.391. The van der Waals surface area contributed by atoms with Crippen LogP contribution in [0.25, 0.3) is 0 Å². The normalized spacial score (nSPS) is 12.0. The Labute approximate surface area is 133 Å². The molecular formula is C12H15N6O4S-. The summed E-state index contributed by atoms with van der Waals surface area (Å²) >= 11 is 0. The van der Waals surface area contributed by atoms with Crippen LogP contribution in [-0.2, 0) is 21.6 Å². The van der Waals surface area contributed by atoms with E-state index < -0.39 is 10.4 Å². The van der Waals surface area contributed by atoms with Gasteiger partial charge in [0.05, 0.1) is 12.3 Å². The predicted octanol–water partition coefficient (Wildman–Crippen LogP) is 1.14. The molecule has 0 spiro atoms. The molecule has 0 aliphatic rings. The van der Waals surface area contributed by atoms with Crippen LogP contribution in [0.5, 0.6) is 0 Å². The summed E-state index contributed by atoms with van der Waals surface area (Å²) in [7, 11) is -1.15. The van der Waals surface area contributed by atoms with E-state index in [1.54, 1.807) is 47.8 Å². The molecular weight excluding hydrogens is 324 g/mol. The van der Waals surface area contributed by atoms with E-state index in [9.17, 15) is 13.0 Å². The molecule has 0 aliphatic heterocycles. The molecule has 0 bridgehead atoms. The van der Waals surface area contributed by atoms with Gasteiger partial charge in [0.2, 0.25) is 10.4 Å². The Kier molecular flexibility index (Phi) is 5.36. The van der Waals surface area contributed by atoms with E-state index in [0.717, 1.165) is 5.69 Å². The van der Waals surface area contributed by atoms with E-state index in [1.807, 2.05) is 0 Å². The van der Waals surface area contributed by atoms with Crippen molar-refractivity contribution in [3.63, 3.8) is 0 Å². The smallest absolute Gasteiger partial charge is 0.269 e. The molecule has 23 heavy (non-hydrogen) atoms. The van der Waals surface area contributed by atoms with Gasteiger partial charge in [0.1, 0.15) is 6.33 Å². The molecule has 10 nitrogen and oxygen atoms in total. The minimum Gasteiger partial charge on any atom is -0.726 e. The molecule has 2 rings (SSSR count). The van der Waals surface area contributed by atoms with Gasteiger partial charge < -0.3 is 14.0 Å². The molecule has 11 heteroatoms. The largest absolute Gasteiger partial charge is 0.726 e. The van der Waals surface area contributed by atoms with Gasteiger partial charge in [-0.1, -0.05) is 0 Å². The van der Waals surface area contributed by atoms with Gasteiger partial charge in [-0.2, -0.15) is 0 Å². The second-order valence-corrected chi connectivity index (χ2v) is 5.66. The van der Waals surface area contributed by atoms with Crippen LogP contribution in [0, 0.1) is 0 Å². The van der Waals surface area contributed by atoms with E-state index >= 15 is 0 Å². The zero-order chi connectivity index (χ0) is 16.9. The first kappa shape index (κ1) is 17.0. The fourth-order valence-corrected chi connectivity index (χ4v) is 1.93. The highest BCUT2D eigenvalue weighted by Gasteiger charge is 2.03. The lowest BCUT2D eigenvalue weighted by atomic mass is 10.2. The molecule has 2 aromatic rings. The van der Waals surface area contributed by atoms with E-state index in [-0.39, 0.29) is 13.2 Å². The van der Waals surface area contributed by atoms with Crippen molar-refractivity contribution in [3.05, 3.63) is 30.6 Å². The molecule has 0 fully saturated rings.